The topological polar surface area (TPSA) is 55.2 Å². The van der Waals surface area contributed by atoms with E-state index >= 15 is 0 Å². The van der Waals surface area contributed by atoms with Crippen molar-refractivity contribution < 1.29 is 4.79 Å². The summed E-state index contributed by atoms with van der Waals surface area (Å²) < 4.78 is 1.62. The number of fused-ring (bicyclic) bond motifs is 1. The van der Waals surface area contributed by atoms with Gasteiger partial charge in [0.15, 0.2) is 0 Å². The van der Waals surface area contributed by atoms with Crippen molar-refractivity contribution in [1.82, 2.24) is 14.5 Å². The first-order valence-corrected chi connectivity index (χ1v) is 10.9. The number of hydrogen-bond acceptors (Lipinski definition) is 3. The molecule has 1 amide bonds. The number of carbonyl (C=O) groups is 1. The van der Waals surface area contributed by atoms with Gasteiger partial charge in [0.05, 0.1) is 33.2 Å². The molecule has 1 aromatic heterocycles. The molecule has 1 atom stereocenters. The SMILES string of the molecule is CCC(c1nc2ccccc2c(=O)n1-c1cccc(C)c1)N(C)C(=O)c1ccccc1Cl. The van der Waals surface area contributed by atoms with Crippen LogP contribution in [0.4, 0.5) is 0 Å². The second-order valence-corrected chi connectivity index (χ2v) is 8.19. The number of aryl methyl sites for hydroxylation is 1. The molecule has 0 saturated heterocycles. The molecule has 0 fully saturated rings. The molecule has 4 aromatic rings. The Morgan fingerprint density at radius 2 is 1.78 bits per heavy atom. The highest BCUT2D eigenvalue weighted by atomic mass is 35.5. The lowest BCUT2D eigenvalue weighted by Gasteiger charge is -2.29. The molecule has 0 N–H and O–H groups in total. The van der Waals surface area contributed by atoms with Crippen molar-refractivity contribution in [1.29, 1.82) is 0 Å². The zero-order valence-electron chi connectivity index (χ0n) is 18.2. The summed E-state index contributed by atoms with van der Waals surface area (Å²) in [5.74, 6) is 0.297. The molecule has 0 aliphatic rings. The molecule has 162 valence electrons. The van der Waals surface area contributed by atoms with Gasteiger partial charge in [0.2, 0.25) is 0 Å². The third-order valence-corrected chi connectivity index (χ3v) is 5.97. The van der Waals surface area contributed by atoms with Crippen LogP contribution in [0.25, 0.3) is 16.6 Å². The van der Waals surface area contributed by atoms with Gasteiger partial charge in [-0.05, 0) is 55.3 Å². The molecular formula is C26H24ClN3O2. The van der Waals surface area contributed by atoms with Crippen molar-refractivity contribution >= 4 is 28.4 Å². The van der Waals surface area contributed by atoms with Crippen molar-refractivity contribution in [3.8, 4) is 5.69 Å². The van der Waals surface area contributed by atoms with E-state index < -0.39 is 6.04 Å². The fraction of sp³-hybridized carbons (Fsp3) is 0.192. The van der Waals surface area contributed by atoms with Crippen LogP contribution in [0, 0.1) is 6.92 Å². The third-order valence-electron chi connectivity index (χ3n) is 5.64. The van der Waals surface area contributed by atoms with Gasteiger partial charge in [-0.15, -0.1) is 0 Å². The fourth-order valence-electron chi connectivity index (χ4n) is 3.99. The first-order chi connectivity index (χ1) is 15.4. The number of aromatic nitrogens is 2. The lowest BCUT2D eigenvalue weighted by molar-refractivity contribution is 0.0717. The Labute approximate surface area is 191 Å². The second-order valence-electron chi connectivity index (χ2n) is 7.79. The number of benzene rings is 3. The zero-order valence-corrected chi connectivity index (χ0v) is 19.0. The van der Waals surface area contributed by atoms with Crippen molar-refractivity contribution in [2.24, 2.45) is 0 Å². The molecule has 0 aliphatic carbocycles. The summed E-state index contributed by atoms with van der Waals surface area (Å²) >= 11 is 6.29. The van der Waals surface area contributed by atoms with Crippen molar-refractivity contribution in [2.45, 2.75) is 26.3 Å². The van der Waals surface area contributed by atoms with Gasteiger partial charge < -0.3 is 4.90 Å². The Morgan fingerprint density at radius 3 is 2.50 bits per heavy atom. The van der Waals surface area contributed by atoms with Crippen molar-refractivity contribution in [2.75, 3.05) is 7.05 Å². The molecule has 1 unspecified atom stereocenters. The Bertz CT molecular complexity index is 1360. The van der Waals surface area contributed by atoms with E-state index in [1.165, 1.54) is 0 Å². The molecule has 0 aliphatic heterocycles. The second kappa shape index (κ2) is 8.97. The Balaban J connectivity index is 1.93. The third kappa shape index (κ3) is 3.92. The molecule has 5 nitrogen and oxygen atoms in total. The summed E-state index contributed by atoms with van der Waals surface area (Å²) in [6.45, 7) is 3.95. The molecule has 4 rings (SSSR count). The standard InChI is InChI=1S/C26H24ClN3O2/c1-4-23(29(3)25(31)19-12-5-7-14-21(19)27)24-28-22-15-8-6-13-20(22)26(32)30(24)18-11-9-10-17(2)16-18/h5-16,23H,4H2,1-3H3. The van der Waals surface area contributed by atoms with E-state index in [1.807, 2.05) is 56.3 Å². The van der Waals surface area contributed by atoms with Gasteiger partial charge in [0.25, 0.3) is 11.5 Å². The predicted molar refractivity (Wildman–Crippen MR) is 129 cm³/mol. The number of para-hydroxylation sites is 1. The lowest BCUT2D eigenvalue weighted by Crippen LogP contribution is -2.36. The molecule has 1 heterocycles. The number of halogens is 1. The maximum atomic E-state index is 13.6. The molecule has 3 aromatic carbocycles. The highest BCUT2D eigenvalue weighted by Crippen LogP contribution is 2.28. The Morgan fingerprint density at radius 1 is 1.06 bits per heavy atom. The minimum Gasteiger partial charge on any atom is -0.331 e. The number of nitrogens with zero attached hydrogens (tertiary/aromatic N) is 3. The predicted octanol–water partition coefficient (Wildman–Crippen LogP) is 5.57. The van der Waals surface area contributed by atoms with E-state index in [4.69, 9.17) is 16.6 Å². The van der Waals surface area contributed by atoms with Gasteiger partial charge in [0, 0.05) is 7.05 Å². The average molecular weight is 446 g/mol. The largest absolute Gasteiger partial charge is 0.331 e. The molecule has 6 heteroatoms. The van der Waals surface area contributed by atoms with Crippen LogP contribution in [0.15, 0.2) is 77.6 Å². The molecule has 0 spiro atoms. The molecule has 32 heavy (non-hydrogen) atoms. The molecular weight excluding hydrogens is 422 g/mol. The van der Waals surface area contributed by atoms with Gasteiger partial charge in [-0.25, -0.2) is 4.98 Å². The summed E-state index contributed by atoms with van der Waals surface area (Å²) in [5.41, 5.74) is 2.62. The van der Waals surface area contributed by atoms with Crippen LogP contribution < -0.4 is 5.56 Å². The van der Waals surface area contributed by atoms with E-state index in [-0.39, 0.29) is 11.5 Å². The van der Waals surface area contributed by atoms with Crippen LogP contribution >= 0.6 is 11.6 Å². The summed E-state index contributed by atoms with van der Waals surface area (Å²) in [4.78, 5) is 33.4. The highest BCUT2D eigenvalue weighted by Gasteiger charge is 2.28. The minimum atomic E-state index is -0.434. The van der Waals surface area contributed by atoms with E-state index in [2.05, 4.69) is 0 Å². The lowest BCUT2D eigenvalue weighted by atomic mass is 10.1. The first-order valence-electron chi connectivity index (χ1n) is 10.5. The number of carbonyl (C=O) groups excluding carboxylic acids is 1. The molecule has 0 saturated carbocycles. The van der Waals surface area contributed by atoms with Crippen LogP contribution in [0.5, 0.6) is 0 Å². The summed E-state index contributed by atoms with van der Waals surface area (Å²) in [6.07, 6.45) is 0.573. The van der Waals surface area contributed by atoms with Crippen LogP contribution in [0.2, 0.25) is 5.02 Å². The van der Waals surface area contributed by atoms with E-state index in [0.717, 1.165) is 11.3 Å². The number of amides is 1. The summed E-state index contributed by atoms with van der Waals surface area (Å²) in [5, 5.41) is 0.925. The monoisotopic (exact) mass is 445 g/mol. The van der Waals surface area contributed by atoms with Gasteiger partial charge >= 0.3 is 0 Å². The highest BCUT2D eigenvalue weighted by molar-refractivity contribution is 6.33. The average Bonchev–Trinajstić information content (AvgIpc) is 2.79. The summed E-state index contributed by atoms with van der Waals surface area (Å²) in [6, 6.07) is 21.5. The summed E-state index contributed by atoms with van der Waals surface area (Å²) in [7, 11) is 1.72. The normalized spacial score (nSPS) is 12.0. The first kappa shape index (κ1) is 21.8. The zero-order chi connectivity index (χ0) is 22.8. The van der Waals surface area contributed by atoms with Crippen molar-refractivity contribution in [3.05, 3.63) is 105 Å². The minimum absolute atomic E-state index is 0.159. The van der Waals surface area contributed by atoms with Gasteiger partial charge in [0.1, 0.15) is 5.82 Å². The van der Waals surface area contributed by atoms with Crippen LogP contribution in [0.1, 0.15) is 41.1 Å². The molecule has 0 radical (unpaired) electrons. The maximum absolute atomic E-state index is 13.6. The fourth-order valence-corrected chi connectivity index (χ4v) is 4.20. The Kier molecular flexibility index (Phi) is 6.10. The Hall–Kier alpha value is -3.44. The van der Waals surface area contributed by atoms with E-state index in [1.54, 1.807) is 46.8 Å². The molecule has 0 bridgehead atoms. The smallest absolute Gasteiger partial charge is 0.266 e. The maximum Gasteiger partial charge on any atom is 0.266 e. The van der Waals surface area contributed by atoms with Gasteiger partial charge in [-0.3, -0.25) is 14.2 Å². The number of rotatable bonds is 5. The van der Waals surface area contributed by atoms with Crippen molar-refractivity contribution in [3.63, 3.8) is 0 Å². The van der Waals surface area contributed by atoms with Gasteiger partial charge in [-0.2, -0.15) is 0 Å². The van der Waals surface area contributed by atoms with Crippen LogP contribution in [0.3, 0.4) is 0 Å². The van der Waals surface area contributed by atoms with E-state index in [0.29, 0.717) is 33.7 Å². The quantitative estimate of drug-likeness (QED) is 0.403. The number of hydrogen-bond donors (Lipinski definition) is 0. The van der Waals surface area contributed by atoms with E-state index in [9.17, 15) is 9.59 Å². The van der Waals surface area contributed by atoms with Gasteiger partial charge in [-0.1, -0.05) is 54.9 Å². The van der Waals surface area contributed by atoms with Crippen LogP contribution in [-0.2, 0) is 0 Å². The van der Waals surface area contributed by atoms with Crippen LogP contribution in [-0.4, -0.2) is 27.4 Å².